The van der Waals surface area contributed by atoms with Gasteiger partial charge in [0, 0.05) is 5.56 Å². The van der Waals surface area contributed by atoms with Crippen molar-refractivity contribution in [2.45, 2.75) is 12.6 Å². The van der Waals surface area contributed by atoms with E-state index in [2.05, 4.69) is 4.99 Å². The van der Waals surface area contributed by atoms with Crippen LogP contribution in [0.3, 0.4) is 0 Å². The molecule has 1 heterocycles. The van der Waals surface area contributed by atoms with Gasteiger partial charge in [-0.1, -0.05) is 6.07 Å². The largest absolute Gasteiger partial charge is 0.494 e. The lowest BCUT2D eigenvalue weighted by atomic mass is 9.99. The molecule has 0 fully saturated rings. The number of carbonyl (C=O) groups is 1. The molecule has 0 saturated heterocycles. The van der Waals surface area contributed by atoms with Gasteiger partial charge in [-0.25, -0.2) is 4.99 Å². The number of ketones is 1. The summed E-state index contributed by atoms with van der Waals surface area (Å²) < 4.78 is 42.5. The fourth-order valence-corrected chi connectivity index (χ4v) is 1.61. The zero-order valence-electron chi connectivity index (χ0n) is 8.84. The Morgan fingerprint density at radius 1 is 1.35 bits per heavy atom. The molecule has 17 heavy (non-hydrogen) atoms. The maximum Gasteiger partial charge on any atom is 0.429 e. The number of hydrogen-bond donors (Lipinski definition) is 0. The number of ether oxygens (including phenoxy) is 1. The number of alkyl halides is 3. The quantitative estimate of drug-likeness (QED) is 0.760. The van der Waals surface area contributed by atoms with Gasteiger partial charge in [-0.15, -0.1) is 0 Å². The number of nitrogens with zero attached hydrogens (tertiary/aromatic N) is 1. The summed E-state index contributed by atoms with van der Waals surface area (Å²) in [5.41, 5.74) is -0.963. The Balaban J connectivity index is 2.61. The summed E-state index contributed by atoms with van der Waals surface area (Å²) in [5, 5.41) is 0. The van der Waals surface area contributed by atoms with Gasteiger partial charge in [0.2, 0.25) is 0 Å². The van der Waals surface area contributed by atoms with Gasteiger partial charge in [0.25, 0.3) is 0 Å². The molecule has 0 N–H and O–H groups in total. The molecule has 0 unspecified atom stereocenters. The number of hydrogen-bond acceptors (Lipinski definition) is 3. The standard InChI is InChI=1S/C11H8F3NO2/c1-17-8-4-2-3-6-7(16)5-9(11(12,13)14)15-10(6)8/h2-4H,5H2,1H3. The third-order valence-electron chi connectivity index (χ3n) is 2.42. The fraction of sp³-hybridized carbons (Fsp3) is 0.273. The molecule has 0 aromatic heterocycles. The average molecular weight is 243 g/mol. The molecular weight excluding hydrogens is 235 g/mol. The number of aliphatic imine (C=N–C) groups is 1. The van der Waals surface area contributed by atoms with Crippen LogP contribution in [-0.4, -0.2) is 24.8 Å². The molecule has 1 aliphatic heterocycles. The first-order chi connectivity index (χ1) is 7.93. The lowest BCUT2D eigenvalue weighted by Crippen LogP contribution is -2.28. The van der Waals surface area contributed by atoms with E-state index in [-0.39, 0.29) is 17.0 Å². The van der Waals surface area contributed by atoms with Crippen molar-refractivity contribution in [2.24, 2.45) is 4.99 Å². The molecule has 1 aromatic carbocycles. The number of carbonyl (C=O) groups excluding carboxylic acids is 1. The Hall–Kier alpha value is -1.85. The van der Waals surface area contributed by atoms with Crippen LogP contribution in [0.1, 0.15) is 16.8 Å². The first-order valence-electron chi connectivity index (χ1n) is 4.78. The second kappa shape index (κ2) is 3.87. The first-order valence-corrected chi connectivity index (χ1v) is 4.78. The van der Waals surface area contributed by atoms with Crippen LogP contribution < -0.4 is 4.74 Å². The fourth-order valence-electron chi connectivity index (χ4n) is 1.61. The molecular formula is C11H8F3NO2. The predicted octanol–water partition coefficient (Wildman–Crippen LogP) is 2.92. The van der Waals surface area contributed by atoms with Crippen molar-refractivity contribution in [1.29, 1.82) is 0 Å². The van der Waals surface area contributed by atoms with Gasteiger partial charge in [0.15, 0.2) is 5.78 Å². The third-order valence-corrected chi connectivity index (χ3v) is 2.42. The summed E-state index contributed by atoms with van der Waals surface area (Å²) in [7, 11) is 1.32. The van der Waals surface area contributed by atoms with E-state index < -0.39 is 24.1 Å². The van der Waals surface area contributed by atoms with Crippen LogP contribution in [0, 0.1) is 0 Å². The number of benzene rings is 1. The van der Waals surface area contributed by atoms with Crippen molar-refractivity contribution >= 4 is 17.2 Å². The van der Waals surface area contributed by atoms with Crippen molar-refractivity contribution in [2.75, 3.05) is 7.11 Å². The second-order valence-electron chi connectivity index (χ2n) is 3.51. The predicted molar refractivity (Wildman–Crippen MR) is 55.1 cm³/mol. The average Bonchev–Trinajstić information content (AvgIpc) is 2.27. The minimum absolute atomic E-state index is 0.0430. The molecule has 1 aromatic rings. The molecule has 0 spiro atoms. The van der Waals surface area contributed by atoms with Gasteiger partial charge in [-0.05, 0) is 12.1 Å². The summed E-state index contributed by atoms with van der Waals surface area (Å²) in [5.74, 6) is -0.432. The van der Waals surface area contributed by atoms with E-state index in [4.69, 9.17) is 4.74 Å². The van der Waals surface area contributed by atoms with E-state index >= 15 is 0 Å². The Morgan fingerprint density at radius 3 is 2.65 bits per heavy atom. The summed E-state index contributed by atoms with van der Waals surface area (Å²) in [6.07, 6.45) is -5.31. The SMILES string of the molecule is COc1cccc2c1N=C(C(F)(F)F)CC2=O. The van der Waals surface area contributed by atoms with E-state index in [1.807, 2.05) is 0 Å². The van der Waals surface area contributed by atoms with E-state index in [1.54, 1.807) is 6.07 Å². The molecule has 0 radical (unpaired) electrons. The maximum atomic E-state index is 12.5. The normalized spacial score (nSPS) is 15.3. The van der Waals surface area contributed by atoms with E-state index in [0.29, 0.717) is 0 Å². The molecule has 90 valence electrons. The number of Topliss-reactive ketones (excluding diaryl/α,β-unsaturated/α-hetero) is 1. The summed E-state index contributed by atoms with van der Waals surface area (Å²) in [6, 6.07) is 4.45. The van der Waals surface area contributed by atoms with Crippen LogP contribution >= 0.6 is 0 Å². The van der Waals surface area contributed by atoms with E-state index in [9.17, 15) is 18.0 Å². The van der Waals surface area contributed by atoms with Crippen LogP contribution in [-0.2, 0) is 0 Å². The van der Waals surface area contributed by atoms with E-state index in [0.717, 1.165) is 0 Å². The van der Waals surface area contributed by atoms with Crippen LogP contribution in [0.25, 0.3) is 0 Å². The molecule has 0 aliphatic carbocycles. The minimum Gasteiger partial charge on any atom is -0.494 e. The van der Waals surface area contributed by atoms with Crippen molar-refractivity contribution < 1.29 is 22.7 Å². The number of fused-ring (bicyclic) bond motifs is 1. The van der Waals surface area contributed by atoms with Crippen LogP contribution in [0.15, 0.2) is 23.2 Å². The molecule has 0 amide bonds. The van der Waals surface area contributed by atoms with Gasteiger partial charge in [-0.3, -0.25) is 4.79 Å². The minimum atomic E-state index is -4.59. The van der Waals surface area contributed by atoms with Crippen molar-refractivity contribution in [3.05, 3.63) is 23.8 Å². The second-order valence-corrected chi connectivity index (χ2v) is 3.51. The Morgan fingerprint density at radius 2 is 2.06 bits per heavy atom. The lowest BCUT2D eigenvalue weighted by molar-refractivity contribution is -0.0602. The highest BCUT2D eigenvalue weighted by molar-refractivity contribution is 6.17. The molecule has 0 atom stereocenters. The van der Waals surface area contributed by atoms with Gasteiger partial charge < -0.3 is 4.74 Å². The van der Waals surface area contributed by atoms with Gasteiger partial charge >= 0.3 is 6.18 Å². The van der Waals surface area contributed by atoms with E-state index in [1.165, 1.54) is 19.2 Å². The van der Waals surface area contributed by atoms with Crippen LogP contribution in [0.4, 0.5) is 18.9 Å². The molecule has 0 bridgehead atoms. The number of methoxy groups -OCH3 is 1. The first kappa shape index (κ1) is 11.6. The van der Waals surface area contributed by atoms with Crippen LogP contribution in [0.5, 0.6) is 5.75 Å². The summed E-state index contributed by atoms with van der Waals surface area (Å²) >= 11 is 0. The smallest absolute Gasteiger partial charge is 0.429 e. The lowest BCUT2D eigenvalue weighted by Gasteiger charge is -2.18. The highest BCUT2D eigenvalue weighted by Gasteiger charge is 2.40. The van der Waals surface area contributed by atoms with Crippen molar-refractivity contribution in [1.82, 2.24) is 0 Å². The monoisotopic (exact) mass is 243 g/mol. The van der Waals surface area contributed by atoms with Gasteiger partial charge in [0.1, 0.15) is 17.1 Å². The molecule has 1 aliphatic rings. The zero-order chi connectivity index (χ0) is 12.6. The number of rotatable bonds is 1. The highest BCUT2D eigenvalue weighted by Crippen LogP contribution is 2.37. The van der Waals surface area contributed by atoms with Gasteiger partial charge in [0.05, 0.1) is 13.5 Å². The summed E-state index contributed by atoms with van der Waals surface area (Å²) in [4.78, 5) is 15.1. The molecule has 3 nitrogen and oxygen atoms in total. The zero-order valence-corrected chi connectivity index (χ0v) is 8.84. The Bertz CT molecular complexity index is 506. The molecule has 6 heteroatoms. The van der Waals surface area contributed by atoms with Crippen LogP contribution in [0.2, 0.25) is 0 Å². The Kier molecular flexibility index (Phi) is 2.65. The molecule has 0 saturated carbocycles. The maximum absolute atomic E-state index is 12.5. The highest BCUT2D eigenvalue weighted by atomic mass is 19.4. The Labute approximate surface area is 94.9 Å². The van der Waals surface area contributed by atoms with Crippen molar-refractivity contribution in [3.63, 3.8) is 0 Å². The summed E-state index contributed by atoms with van der Waals surface area (Å²) in [6.45, 7) is 0. The number of para-hydroxylation sites is 1. The van der Waals surface area contributed by atoms with Crippen molar-refractivity contribution in [3.8, 4) is 5.75 Å². The molecule has 2 rings (SSSR count). The topological polar surface area (TPSA) is 38.7 Å². The number of halogens is 3. The third kappa shape index (κ3) is 2.02. The van der Waals surface area contributed by atoms with Gasteiger partial charge in [-0.2, -0.15) is 13.2 Å².